The Bertz CT molecular complexity index is 1820. The maximum absolute atomic E-state index is 13.4. The number of aliphatic hydroxyl groups is 11. The highest BCUT2D eigenvalue weighted by atomic mass is 16.8. The van der Waals surface area contributed by atoms with Crippen molar-refractivity contribution in [2.75, 3.05) is 26.4 Å². The highest BCUT2D eigenvalue weighted by Gasteiger charge is 2.60. The van der Waals surface area contributed by atoms with E-state index in [1.807, 2.05) is 0 Å². The number of hydrogen-bond donors (Lipinski definition) is 14. The lowest BCUT2D eigenvalue weighted by Crippen LogP contribution is -2.70. The molecule has 23 nitrogen and oxygen atoms in total. The van der Waals surface area contributed by atoms with Crippen molar-refractivity contribution in [3.05, 3.63) is 12.2 Å². The monoisotopic (exact) mass is 1250 g/mol. The number of allylic oxidation sites excluding steroid dienone is 2. The minimum absolute atomic E-state index is 0.220. The number of carbonyl (C=O) groups excluding carboxylic acids is 2. The molecule has 23 heteroatoms. The zero-order valence-corrected chi connectivity index (χ0v) is 52.9. The number of unbranched alkanes of at least 4 members (excludes halogenated alkanes) is 28. The largest absolute Gasteiger partial charge is 0.477 e. The summed E-state index contributed by atoms with van der Waals surface area (Å²) < 4.78 is 34.8. The van der Waals surface area contributed by atoms with Crippen LogP contribution in [-0.2, 0) is 42.8 Å². The van der Waals surface area contributed by atoms with Gasteiger partial charge in [-0.3, -0.25) is 9.59 Å². The molecule has 14 N–H and O–H groups in total. The maximum atomic E-state index is 13.4. The van der Waals surface area contributed by atoms with Gasteiger partial charge in [-0.1, -0.05) is 193 Å². The molecule has 0 spiro atoms. The number of carboxylic acid groups (broad SMARTS) is 1. The molecule has 0 saturated carbocycles. The molecule has 18 atom stereocenters. The average molecular weight is 1250 g/mol. The fourth-order valence-corrected chi connectivity index (χ4v) is 11.8. The molecule has 510 valence electrons. The van der Waals surface area contributed by atoms with Crippen LogP contribution in [0.2, 0.25) is 0 Å². The molecule has 18 unspecified atom stereocenters. The molecule has 0 aliphatic carbocycles. The number of carboxylic acids is 1. The number of aliphatic carboxylic acids is 1. The van der Waals surface area contributed by atoms with Gasteiger partial charge in [0.25, 0.3) is 5.79 Å². The molecule has 3 aliphatic rings. The minimum Gasteiger partial charge on any atom is -0.477 e. The zero-order chi connectivity index (χ0) is 64.0. The molecule has 3 fully saturated rings. The highest BCUT2D eigenvalue weighted by Crippen LogP contribution is 2.39. The smallest absolute Gasteiger partial charge is 0.364 e. The summed E-state index contributed by atoms with van der Waals surface area (Å²) >= 11 is 0. The van der Waals surface area contributed by atoms with Crippen molar-refractivity contribution >= 4 is 17.8 Å². The molecular weight excluding hydrogens is 1130 g/mol. The number of rotatable bonds is 50. The molecule has 3 saturated heterocycles. The van der Waals surface area contributed by atoms with Gasteiger partial charge in [0.15, 0.2) is 12.6 Å². The van der Waals surface area contributed by atoms with E-state index in [0.717, 1.165) is 84.0 Å². The van der Waals surface area contributed by atoms with Crippen molar-refractivity contribution in [3.8, 4) is 0 Å². The summed E-state index contributed by atoms with van der Waals surface area (Å²) in [6.07, 6.45) is 12.3. The first kappa shape index (κ1) is 78.7. The maximum Gasteiger partial charge on any atom is 0.364 e. The summed E-state index contributed by atoms with van der Waals surface area (Å²) in [5.74, 6) is -6.10. The van der Waals surface area contributed by atoms with Gasteiger partial charge in [-0.2, -0.15) is 0 Å². The molecule has 2 amide bonds. The van der Waals surface area contributed by atoms with E-state index in [9.17, 15) is 75.7 Å². The number of carbonyl (C=O) groups is 3. The van der Waals surface area contributed by atoms with Crippen molar-refractivity contribution in [3.63, 3.8) is 0 Å². The fourth-order valence-electron chi connectivity index (χ4n) is 11.8. The Morgan fingerprint density at radius 1 is 0.586 bits per heavy atom. The number of hydrogen-bond acceptors (Lipinski definition) is 20. The third kappa shape index (κ3) is 28.9. The van der Waals surface area contributed by atoms with Crippen LogP contribution in [0, 0.1) is 0 Å². The van der Waals surface area contributed by atoms with Gasteiger partial charge in [0.2, 0.25) is 11.8 Å². The molecule has 87 heavy (non-hydrogen) atoms. The van der Waals surface area contributed by atoms with Crippen LogP contribution in [0.1, 0.15) is 239 Å². The van der Waals surface area contributed by atoms with Crippen molar-refractivity contribution in [1.82, 2.24) is 10.6 Å². The summed E-state index contributed by atoms with van der Waals surface area (Å²) in [4.78, 5) is 38.5. The van der Waals surface area contributed by atoms with Crippen molar-refractivity contribution in [2.24, 2.45) is 0 Å². The molecule has 0 bridgehead atoms. The van der Waals surface area contributed by atoms with Crippen molar-refractivity contribution < 1.29 is 104 Å². The van der Waals surface area contributed by atoms with E-state index < -0.39 is 148 Å². The lowest BCUT2D eigenvalue weighted by molar-refractivity contribution is -0.386. The van der Waals surface area contributed by atoms with Gasteiger partial charge in [-0.25, -0.2) is 4.79 Å². The molecule has 3 rings (SSSR count). The quantitative estimate of drug-likeness (QED) is 0.0278. The number of nitrogens with one attached hydrogen (secondary N) is 2. The van der Waals surface area contributed by atoms with Gasteiger partial charge >= 0.3 is 5.97 Å². The summed E-state index contributed by atoms with van der Waals surface area (Å²) in [6.45, 7) is 2.18. The van der Waals surface area contributed by atoms with Crippen LogP contribution in [0.25, 0.3) is 0 Å². The van der Waals surface area contributed by atoms with Gasteiger partial charge < -0.3 is 100 Å². The second kappa shape index (κ2) is 45.7. The second-order valence-electron chi connectivity index (χ2n) is 24.7. The zero-order valence-electron chi connectivity index (χ0n) is 52.9. The van der Waals surface area contributed by atoms with Gasteiger partial charge in [-0.15, -0.1) is 0 Å². The molecule has 0 radical (unpaired) electrons. The van der Waals surface area contributed by atoms with Crippen LogP contribution in [0.15, 0.2) is 12.2 Å². The number of aliphatic hydroxyl groups excluding tert-OH is 11. The molecular formula is C64H118N2O21. The minimum atomic E-state index is -3.08. The molecule has 0 aromatic rings. The third-order valence-corrected chi connectivity index (χ3v) is 17.2. The standard InChI is InChI=1S/C64H118N2O21/c1-4-6-8-10-12-14-16-18-19-20-21-22-23-24-25-26-28-30-32-34-36-38-51(74)66-45(46(71)37-35-33-31-29-27-17-15-13-11-9-7-5-2)43-82-61-56(78)55(77)58(50(42-69)84-61)85-62-57(79)60(54(76)49(41-68)83-62)87-64(63(80)81)39-47(72)52(65-44(3)70)59(86-64)53(75)48(73)40-67/h22-23,45-50,52-62,67-69,71-73,75-79H,4-21,24-43H2,1-3H3,(H,65,70)(H,66,74)(H,80,81)/b23-22-. The molecule has 3 heterocycles. The highest BCUT2D eigenvalue weighted by molar-refractivity contribution is 5.77. The lowest BCUT2D eigenvalue weighted by Gasteiger charge is -2.50. The van der Waals surface area contributed by atoms with E-state index in [0.29, 0.717) is 19.3 Å². The second-order valence-corrected chi connectivity index (χ2v) is 24.7. The van der Waals surface area contributed by atoms with Crippen LogP contribution in [0.4, 0.5) is 0 Å². The first-order valence-corrected chi connectivity index (χ1v) is 33.5. The van der Waals surface area contributed by atoms with Gasteiger partial charge in [0.1, 0.15) is 67.1 Å². The first-order chi connectivity index (χ1) is 41.9. The first-order valence-electron chi connectivity index (χ1n) is 33.5. The van der Waals surface area contributed by atoms with Gasteiger partial charge in [-0.05, 0) is 38.5 Å². The summed E-state index contributed by atoms with van der Waals surface area (Å²) in [5, 5.41) is 136. The van der Waals surface area contributed by atoms with Crippen LogP contribution < -0.4 is 10.6 Å². The summed E-state index contributed by atoms with van der Waals surface area (Å²) in [7, 11) is 0. The van der Waals surface area contributed by atoms with E-state index in [1.165, 1.54) is 109 Å². The van der Waals surface area contributed by atoms with Gasteiger partial charge in [0.05, 0.1) is 50.7 Å². The SMILES string of the molecule is CCCCCCCCCCCC/C=C\CCCCCCCCCC(=O)NC(COC1OC(CO)C(OC2OC(CO)C(O)C(OC3(C(=O)O)CC(O)C(NC(C)=O)C(C(O)C(O)CO)O3)C2O)C(O)C1O)C(O)CCCCCCCCCCCCCC. The Kier molecular flexibility index (Phi) is 41.3. The predicted molar refractivity (Wildman–Crippen MR) is 325 cm³/mol. The summed E-state index contributed by atoms with van der Waals surface area (Å²) in [5.41, 5.74) is 0. The molecule has 3 aliphatic heterocycles. The van der Waals surface area contributed by atoms with Crippen LogP contribution in [-0.4, -0.2) is 215 Å². The fraction of sp³-hybridized carbons (Fsp3) is 0.922. The van der Waals surface area contributed by atoms with Crippen LogP contribution >= 0.6 is 0 Å². The number of amides is 2. The van der Waals surface area contributed by atoms with Crippen molar-refractivity contribution in [1.29, 1.82) is 0 Å². The van der Waals surface area contributed by atoms with E-state index in [-0.39, 0.29) is 18.9 Å². The molecule has 0 aromatic carbocycles. The van der Waals surface area contributed by atoms with Crippen LogP contribution in [0.5, 0.6) is 0 Å². The Balaban J connectivity index is 1.59. The predicted octanol–water partition coefficient (Wildman–Crippen LogP) is 5.12. The summed E-state index contributed by atoms with van der Waals surface area (Å²) in [6, 6.07) is -2.53. The Hall–Kier alpha value is -2.53. The molecule has 0 aromatic heterocycles. The lowest BCUT2D eigenvalue weighted by atomic mass is 9.88. The van der Waals surface area contributed by atoms with Crippen molar-refractivity contribution in [2.45, 2.75) is 349 Å². The Morgan fingerprint density at radius 2 is 1.07 bits per heavy atom. The third-order valence-electron chi connectivity index (χ3n) is 17.2. The Morgan fingerprint density at radius 3 is 1.55 bits per heavy atom. The number of ether oxygens (including phenoxy) is 6. The average Bonchev–Trinajstić information content (AvgIpc) is 2.10. The normalized spacial score (nSPS) is 29.2. The van der Waals surface area contributed by atoms with E-state index in [4.69, 9.17) is 28.4 Å². The van der Waals surface area contributed by atoms with E-state index in [1.54, 1.807) is 0 Å². The Labute approximate surface area is 518 Å². The van der Waals surface area contributed by atoms with E-state index >= 15 is 0 Å². The van der Waals surface area contributed by atoms with E-state index in [2.05, 4.69) is 36.6 Å². The van der Waals surface area contributed by atoms with Crippen LogP contribution in [0.3, 0.4) is 0 Å². The van der Waals surface area contributed by atoms with Gasteiger partial charge in [0, 0.05) is 19.8 Å². The topological polar surface area (TPSA) is 373 Å².